The fraction of sp³-hybridized carbons (Fsp3) is 0.308. The zero-order valence-electron chi connectivity index (χ0n) is 70.7. The van der Waals surface area contributed by atoms with E-state index in [1.54, 1.807) is 0 Å². The molecule has 6 heterocycles. The summed E-state index contributed by atoms with van der Waals surface area (Å²) in [6.07, 6.45) is 0. The van der Waals surface area contributed by atoms with Gasteiger partial charge in [-0.05, 0) is 218 Å². The van der Waals surface area contributed by atoms with Crippen molar-refractivity contribution in [1.29, 1.82) is 0 Å². The summed E-state index contributed by atoms with van der Waals surface area (Å²) in [4.78, 5) is 10.8. The number of aromatic nitrogens is 2. The molecule has 112 heavy (non-hydrogen) atoms. The van der Waals surface area contributed by atoms with Gasteiger partial charge in [-0.2, -0.15) is 0 Å². The SMILES string of the molecule is CC(C)(C)c1cc(N2c3cc(-n4c5ccccc5c5ccccc54)cc4c3B(c3cc5c(cc3S4)N(c3ccccc3)c3cc(-n4c6ccccc6c6ccccc64)cc4c3B5c3c(cc(C(C)(C)C)cc3C(C)(C)C)N4c3cc(C(C)(C)C)cc(C(C)(C)C)c3)c3c2cc(C(C)(C)C)cc3C(C)(C)C)cc(C(C)(C)C)c1. The Balaban J connectivity index is 1.02. The first-order chi connectivity index (χ1) is 52.6. The van der Waals surface area contributed by atoms with Crippen LogP contribution in [-0.4, -0.2) is 22.6 Å². The van der Waals surface area contributed by atoms with Crippen LogP contribution in [0.25, 0.3) is 55.0 Å². The lowest BCUT2D eigenvalue weighted by atomic mass is 9.29. The lowest BCUT2D eigenvalue weighted by molar-refractivity contribution is 0.568. The highest BCUT2D eigenvalue weighted by molar-refractivity contribution is 8.00. The van der Waals surface area contributed by atoms with E-state index < -0.39 is 0 Å². The van der Waals surface area contributed by atoms with Crippen LogP contribution in [-0.2, 0) is 43.3 Å². The van der Waals surface area contributed by atoms with Crippen molar-refractivity contribution in [2.45, 2.75) is 219 Å². The minimum Gasteiger partial charge on any atom is -0.311 e. The molecule has 0 radical (unpaired) electrons. The molecule has 12 aromatic carbocycles. The first-order valence-corrected chi connectivity index (χ1v) is 41.8. The second-order valence-corrected chi connectivity index (χ2v) is 42.3. The molecule has 0 N–H and O–H groups in total. The summed E-state index contributed by atoms with van der Waals surface area (Å²) >= 11 is 1.98. The molecule has 0 spiro atoms. The number of benzene rings is 12. The Morgan fingerprint density at radius 1 is 0.223 bits per heavy atom. The van der Waals surface area contributed by atoms with E-state index in [0.717, 1.165) is 17.1 Å². The van der Waals surface area contributed by atoms with Gasteiger partial charge in [0.15, 0.2) is 0 Å². The Labute approximate surface area is 671 Å². The smallest absolute Gasteiger partial charge is 0.252 e. The van der Waals surface area contributed by atoms with Crippen molar-refractivity contribution in [3.8, 4) is 11.4 Å². The normalized spacial score (nSPS) is 14.5. The summed E-state index contributed by atoms with van der Waals surface area (Å²) in [6, 6.07) is 89.2. The summed E-state index contributed by atoms with van der Waals surface area (Å²) in [5, 5.41) is 4.99. The Kier molecular flexibility index (Phi) is 16.3. The maximum absolute atomic E-state index is 2.78. The third-order valence-electron chi connectivity index (χ3n) is 25.0. The topological polar surface area (TPSA) is 19.6 Å². The number of para-hydroxylation sites is 5. The van der Waals surface area contributed by atoms with E-state index in [1.165, 1.54) is 176 Å². The van der Waals surface area contributed by atoms with E-state index in [9.17, 15) is 0 Å². The van der Waals surface area contributed by atoms with Crippen LogP contribution in [0.3, 0.4) is 0 Å². The lowest BCUT2D eigenvalue weighted by Gasteiger charge is -2.48. The Bertz CT molecular complexity index is 6110. The van der Waals surface area contributed by atoms with Gasteiger partial charge >= 0.3 is 0 Å². The predicted octanol–water partition coefficient (Wildman–Crippen LogP) is 25.1. The van der Waals surface area contributed by atoms with Crippen LogP contribution in [0.15, 0.2) is 234 Å². The van der Waals surface area contributed by atoms with Crippen molar-refractivity contribution >= 4 is 153 Å². The van der Waals surface area contributed by atoms with E-state index in [2.05, 4.69) is 414 Å². The molecule has 0 saturated carbocycles. The molecule has 0 fully saturated rings. The largest absolute Gasteiger partial charge is 0.311 e. The third kappa shape index (κ3) is 11.7. The number of fused-ring (bicyclic) bond motifs is 14. The van der Waals surface area contributed by atoms with Gasteiger partial charge in [0, 0.05) is 88.2 Å². The fourth-order valence-electron chi connectivity index (χ4n) is 18.8. The van der Waals surface area contributed by atoms with E-state index in [-0.39, 0.29) is 56.7 Å². The first kappa shape index (κ1) is 73.6. The molecule has 2 aromatic heterocycles. The fourth-order valence-corrected chi connectivity index (χ4v) is 20.1. The highest BCUT2D eigenvalue weighted by atomic mass is 32.2. The van der Waals surface area contributed by atoms with Crippen LogP contribution in [0.2, 0.25) is 0 Å². The molecule has 8 heteroatoms. The Hall–Kier alpha value is -9.88. The average Bonchev–Trinajstić information content (AvgIpc) is 0.702. The molecule has 0 saturated heterocycles. The van der Waals surface area contributed by atoms with E-state index in [1.807, 2.05) is 11.8 Å². The Morgan fingerprint density at radius 3 is 0.902 bits per heavy atom. The number of hydrogen-bond donors (Lipinski definition) is 0. The van der Waals surface area contributed by atoms with Gasteiger partial charge in [-0.25, -0.2) is 0 Å². The first-order valence-electron chi connectivity index (χ1n) is 41.0. The summed E-state index contributed by atoms with van der Waals surface area (Å²) in [5.74, 6) is 0. The number of hydrogen-bond acceptors (Lipinski definition) is 4. The van der Waals surface area contributed by atoms with Crippen LogP contribution in [0.4, 0.5) is 51.2 Å². The van der Waals surface area contributed by atoms with Crippen LogP contribution in [0, 0.1) is 0 Å². The highest BCUT2D eigenvalue weighted by Gasteiger charge is 2.51. The molecule has 0 aliphatic carbocycles. The minimum atomic E-state index is -0.292. The van der Waals surface area contributed by atoms with Crippen LogP contribution in [0.5, 0.6) is 0 Å². The van der Waals surface area contributed by atoms with E-state index in [4.69, 9.17) is 0 Å². The number of anilines is 9. The molecule has 0 unspecified atom stereocenters. The predicted molar refractivity (Wildman–Crippen MR) is 489 cm³/mol. The molecule has 14 aromatic rings. The summed E-state index contributed by atoms with van der Waals surface area (Å²) in [6.45, 7) is 57.6. The van der Waals surface area contributed by atoms with E-state index in [0.29, 0.717) is 0 Å². The molecular formula is C104H109B2N5S. The van der Waals surface area contributed by atoms with Crippen molar-refractivity contribution in [3.63, 3.8) is 0 Å². The van der Waals surface area contributed by atoms with Gasteiger partial charge in [-0.3, -0.25) is 0 Å². The number of rotatable bonds is 5. The second kappa shape index (κ2) is 24.8. The van der Waals surface area contributed by atoms with E-state index >= 15 is 0 Å². The second-order valence-electron chi connectivity index (χ2n) is 41.2. The Morgan fingerprint density at radius 2 is 0.536 bits per heavy atom. The maximum atomic E-state index is 2.78. The van der Waals surface area contributed by atoms with Crippen molar-refractivity contribution in [3.05, 3.63) is 269 Å². The third-order valence-corrected chi connectivity index (χ3v) is 26.1. The molecule has 5 nitrogen and oxygen atoms in total. The van der Waals surface area contributed by atoms with Crippen molar-refractivity contribution < 1.29 is 0 Å². The average molecular weight is 1480 g/mol. The van der Waals surface area contributed by atoms with Crippen LogP contribution < -0.4 is 47.5 Å². The molecule has 18 rings (SSSR count). The van der Waals surface area contributed by atoms with Crippen molar-refractivity contribution in [2.24, 2.45) is 0 Å². The zero-order valence-corrected chi connectivity index (χ0v) is 71.5. The van der Waals surface area contributed by atoms with Gasteiger partial charge in [0.05, 0.1) is 27.8 Å². The summed E-state index contributed by atoms with van der Waals surface area (Å²) in [5.41, 5.74) is 35.2. The standard InChI is InChI=1S/C104H109B2N5S/c1-97(2,3)62-46-63(98(4,5)6)49-69(48-62)110-86-54-66(101(13,14)15)52-77(103(19,20)21)93(86)105-79-60-80-91(61-85(79)107(68-36-26-25-27-37-68)88-56-71(57-89(110)95(88)105)108-81-42-32-28-38-73(81)74-39-29-33-43-82(74)108)112-92-59-72(109-83-44-34-30-40-75(83)76-41-31-35-45-84(76)109)58-90-96(92)106(80)94-78(104(22,23)24)53-67(102(16,17)18)55-87(94)111(90)70-50-64(99(7,8)9)47-65(51-70)100(10,11)12/h25-61H,1-24H3. The van der Waals surface area contributed by atoms with Gasteiger partial charge < -0.3 is 23.8 Å². The molecule has 0 atom stereocenters. The highest BCUT2D eigenvalue weighted by Crippen LogP contribution is 2.54. The maximum Gasteiger partial charge on any atom is 0.252 e. The summed E-state index contributed by atoms with van der Waals surface area (Å²) in [7, 11) is 0. The molecular weight excluding hydrogens is 1370 g/mol. The van der Waals surface area contributed by atoms with Crippen molar-refractivity contribution in [2.75, 3.05) is 14.7 Å². The lowest BCUT2D eigenvalue weighted by Crippen LogP contribution is -2.66. The van der Waals surface area contributed by atoms with Gasteiger partial charge in [0.2, 0.25) is 6.71 Å². The molecule has 0 amide bonds. The van der Waals surface area contributed by atoms with Gasteiger partial charge in [-0.1, -0.05) is 305 Å². The molecule has 0 bridgehead atoms. The quantitative estimate of drug-likeness (QED) is 0.160. The zero-order chi connectivity index (χ0) is 79.1. The number of nitrogens with zero attached hydrogens (tertiary/aromatic N) is 5. The van der Waals surface area contributed by atoms with Gasteiger partial charge in [-0.15, -0.1) is 0 Å². The summed E-state index contributed by atoms with van der Waals surface area (Å²) < 4.78 is 5.13. The van der Waals surface area contributed by atoms with Gasteiger partial charge in [0.25, 0.3) is 6.71 Å². The monoisotopic (exact) mass is 1480 g/mol. The van der Waals surface area contributed by atoms with Crippen LogP contribution in [0.1, 0.15) is 211 Å². The molecule has 4 aliphatic heterocycles. The molecule has 4 aliphatic rings. The van der Waals surface area contributed by atoms with Crippen molar-refractivity contribution in [1.82, 2.24) is 9.13 Å². The van der Waals surface area contributed by atoms with Gasteiger partial charge in [0.1, 0.15) is 0 Å². The minimum absolute atomic E-state index is 0.139. The molecule has 562 valence electrons. The van der Waals surface area contributed by atoms with Crippen LogP contribution >= 0.6 is 11.8 Å².